The van der Waals surface area contributed by atoms with Crippen molar-refractivity contribution in [3.05, 3.63) is 89.5 Å². The number of hydroxylamine groups is 2. The molecule has 0 bridgehead atoms. The van der Waals surface area contributed by atoms with Gasteiger partial charge in [-0.3, -0.25) is 4.68 Å². The third-order valence-corrected chi connectivity index (χ3v) is 4.69. The maximum absolute atomic E-state index is 6.10. The number of nitrogens with zero attached hydrogens (tertiary/aromatic N) is 4. The summed E-state index contributed by atoms with van der Waals surface area (Å²) in [4.78, 5) is 10.2. The zero-order valence-corrected chi connectivity index (χ0v) is 14.5. The van der Waals surface area contributed by atoms with Crippen LogP contribution in [0, 0.1) is 0 Å². The van der Waals surface area contributed by atoms with E-state index in [4.69, 9.17) is 16.4 Å². The first-order valence-electron chi connectivity index (χ1n) is 7.96. The second-order valence-electron chi connectivity index (χ2n) is 5.99. The second-order valence-corrected chi connectivity index (χ2v) is 6.42. The van der Waals surface area contributed by atoms with Crippen LogP contribution in [0.3, 0.4) is 0 Å². The summed E-state index contributed by atoms with van der Waals surface area (Å²) >= 11 is 6.08. The maximum Gasteiger partial charge on any atom is 0.153 e. The molecule has 0 saturated carbocycles. The summed E-state index contributed by atoms with van der Waals surface area (Å²) in [6, 6.07) is 17.9. The van der Waals surface area contributed by atoms with Crippen LogP contribution in [-0.4, -0.2) is 26.9 Å². The SMILES string of the molecule is CN1OC(c2ccccc2)=CC1(Cn1cncn1)c1ccc(Cl)cc1. The van der Waals surface area contributed by atoms with Crippen molar-refractivity contribution in [1.82, 2.24) is 19.8 Å². The second kappa shape index (κ2) is 6.35. The van der Waals surface area contributed by atoms with Crippen LogP contribution in [-0.2, 0) is 16.9 Å². The van der Waals surface area contributed by atoms with E-state index in [1.54, 1.807) is 11.0 Å². The number of likely N-dealkylation sites (N-methyl/N-ethyl adjacent to an activating group) is 1. The molecule has 6 heteroatoms. The highest BCUT2D eigenvalue weighted by Gasteiger charge is 2.43. The summed E-state index contributed by atoms with van der Waals surface area (Å²) < 4.78 is 1.80. The normalized spacial score (nSPS) is 20.3. The number of halogens is 1. The van der Waals surface area contributed by atoms with Gasteiger partial charge in [0.05, 0.1) is 6.54 Å². The molecule has 0 amide bonds. The Bertz CT molecular complexity index is 878. The fourth-order valence-electron chi connectivity index (χ4n) is 3.10. The number of aromatic nitrogens is 3. The molecule has 2 heterocycles. The molecule has 126 valence electrons. The molecule has 1 unspecified atom stereocenters. The fraction of sp³-hybridized carbons (Fsp3) is 0.158. The van der Waals surface area contributed by atoms with Crippen LogP contribution < -0.4 is 0 Å². The lowest BCUT2D eigenvalue weighted by molar-refractivity contribution is -0.118. The number of hydrogen-bond acceptors (Lipinski definition) is 4. The standard InChI is InChI=1S/C19H17ClN4O/c1-23-19(12-24-14-21-13-22-24,16-7-9-17(20)10-8-16)11-18(25-23)15-5-3-2-4-6-15/h2-11,13-14H,12H2,1H3. The summed E-state index contributed by atoms with van der Waals surface area (Å²) in [6.45, 7) is 0.571. The van der Waals surface area contributed by atoms with Crippen molar-refractivity contribution >= 4 is 17.4 Å². The van der Waals surface area contributed by atoms with Crippen molar-refractivity contribution in [2.45, 2.75) is 12.1 Å². The van der Waals surface area contributed by atoms with Crippen LogP contribution in [0.5, 0.6) is 0 Å². The Morgan fingerprint density at radius 1 is 1.08 bits per heavy atom. The molecular formula is C19H17ClN4O. The Hall–Kier alpha value is -2.63. The number of rotatable bonds is 4. The smallest absolute Gasteiger partial charge is 0.153 e. The largest absolute Gasteiger partial charge is 0.405 e. The summed E-state index contributed by atoms with van der Waals surface area (Å²) in [5.41, 5.74) is 1.59. The molecule has 0 radical (unpaired) electrons. The van der Waals surface area contributed by atoms with E-state index < -0.39 is 5.54 Å². The molecule has 2 aromatic carbocycles. The van der Waals surface area contributed by atoms with Crippen molar-refractivity contribution in [1.29, 1.82) is 0 Å². The van der Waals surface area contributed by atoms with Gasteiger partial charge in [-0.25, -0.2) is 4.98 Å². The molecule has 1 aromatic heterocycles. The summed E-state index contributed by atoms with van der Waals surface area (Å²) in [6.07, 6.45) is 5.38. The first kappa shape index (κ1) is 15.9. The van der Waals surface area contributed by atoms with Crippen LogP contribution in [0.25, 0.3) is 5.76 Å². The summed E-state index contributed by atoms with van der Waals surface area (Å²) in [5, 5.41) is 6.83. The van der Waals surface area contributed by atoms with Gasteiger partial charge in [-0.1, -0.05) is 54.1 Å². The van der Waals surface area contributed by atoms with Crippen molar-refractivity contribution in [2.75, 3.05) is 7.05 Å². The molecule has 0 fully saturated rings. The average Bonchev–Trinajstić information content (AvgIpc) is 3.25. The van der Waals surface area contributed by atoms with E-state index in [1.807, 2.05) is 66.7 Å². The van der Waals surface area contributed by atoms with Gasteiger partial charge in [0.2, 0.25) is 0 Å². The first-order valence-corrected chi connectivity index (χ1v) is 8.34. The van der Waals surface area contributed by atoms with Crippen molar-refractivity contribution in [3.63, 3.8) is 0 Å². The molecule has 25 heavy (non-hydrogen) atoms. The van der Waals surface area contributed by atoms with Crippen molar-refractivity contribution < 1.29 is 4.84 Å². The van der Waals surface area contributed by atoms with Gasteiger partial charge in [-0.2, -0.15) is 5.10 Å². The average molecular weight is 353 g/mol. The zero-order valence-electron chi connectivity index (χ0n) is 13.7. The third-order valence-electron chi connectivity index (χ3n) is 4.44. The highest BCUT2D eigenvalue weighted by Crippen LogP contribution is 2.41. The predicted molar refractivity (Wildman–Crippen MR) is 96.4 cm³/mol. The lowest BCUT2D eigenvalue weighted by atomic mass is 9.88. The van der Waals surface area contributed by atoms with Crippen LogP contribution in [0.15, 0.2) is 73.3 Å². The van der Waals surface area contributed by atoms with Gasteiger partial charge in [0.15, 0.2) is 5.76 Å². The van der Waals surface area contributed by atoms with Gasteiger partial charge in [-0.05, 0) is 23.8 Å². The fourth-order valence-corrected chi connectivity index (χ4v) is 3.23. The monoisotopic (exact) mass is 352 g/mol. The minimum atomic E-state index is -0.510. The van der Waals surface area contributed by atoms with E-state index in [9.17, 15) is 0 Å². The van der Waals surface area contributed by atoms with Gasteiger partial charge in [0.25, 0.3) is 0 Å². The molecule has 0 N–H and O–H groups in total. The van der Waals surface area contributed by atoms with Gasteiger partial charge in [0, 0.05) is 17.6 Å². The predicted octanol–water partition coefficient (Wildman–Crippen LogP) is 3.75. The van der Waals surface area contributed by atoms with Crippen LogP contribution >= 0.6 is 11.6 Å². The van der Waals surface area contributed by atoms with Crippen molar-refractivity contribution in [2.24, 2.45) is 0 Å². The Balaban J connectivity index is 1.82. The molecule has 1 atom stereocenters. The van der Waals surface area contributed by atoms with Crippen molar-refractivity contribution in [3.8, 4) is 0 Å². The third kappa shape index (κ3) is 2.92. The Morgan fingerprint density at radius 2 is 1.84 bits per heavy atom. The Kier molecular flexibility index (Phi) is 4.03. The molecule has 1 aliphatic heterocycles. The molecule has 3 aromatic rings. The zero-order chi connectivity index (χ0) is 17.3. The lowest BCUT2D eigenvalue weighted by Gasteiger charge is -2.33. The van der Waals surface area contributed by atoms with E-state index in [0.29, 0.717) is 11.6 Å². The minimum absolute atomic E-state index is 0.510. The number of hydrogen-bond donors (Lipinski definition) is 0. The van der Waals surface area contributed by atoms with Gasteiger partial charge < -0.3 is 4.84 Å². The lowest BCUT2D eigenvalue weighted by Crippen LogP contribution is -2.41. The number of benzene rings is 2. The molecule has 4 rings (SSSR count). The van der Waals surface area contributed by atoms with E-state index in [-0.39, 0.29) is 0 Å². The van der Waals surface area contributed by atoms with Gasteiger partial charge in [0.1, 0.15) is 18.2 Å². The highest BCUT2D eigenvalue weighted by molar-refractivity contribution is 6.30. The topological polar surface area (TPSA) is 43.2 Å². The summed E-state index contributed by atoms with van der Waals surface area (Å²) in [7, 11) is 1.93. The van der Waals surface area contributed by atoms with Gasteiger partial charge >= 0.3 is 0 Å². The summed E-state index contributed by atoms with van der Waals surface area (Å²) in [5.74, 6) is 0.818. The quantitative estimate of drug-likeness (QED) is 0.717. The van der Waals surface area contributed by atoms with E-state index in [0.717, 1.165) is 16.9 Å². The molecule has 5 nitrogen and oxygen atoms in total. The van der Waals surface area contributed by atoms with Gasteiger partial charge in [-0.15, -0.1) is 5.06 Å². The highest BCUT2D eigenvalue weighted by atomic mass is 35.5. The first-order chi connectivity index (χ1) is 12.2. The molecule has 0 saturated heterocycles. The molecule has 0 aliphatic carbocycles. The minimum Gasteiger partial charge on any atom is -0.405 e. The van der Waals surface area contributed by atoms with Crippen LogP contribution in [0.2, 0.25) is 5.02 Å². The maximum atomic E-state index is 6.10. The van der Waals surface area contributed by atoms with Crippen LogP contribution in [0.1, 0.15) is 11.1 Å². The molecule has 1 aliphatic rings. The van der Waals surface area contributed by atoms with E-state index >= 15 is 0 Å². The van der Waals surface area contributed by atoms with Crippen LogP contribution in [0.4, 0.5) is 0 Å². The van der Waals surface area contributed by atoms with E-state index in [1.165, 1.54) is 6.33 Å². The van der Waals surface area contributed by atoms with E-state index in [2.05, 4.69) is 16.2 Å². The molecule has 0 spiro atoms. The Labute approximate surface area is 151 Å². The Morgan fingerprint density at radius 3 is 2.52 bits per heavy atom. The molecular weight excluding hydrogens is 336 g/mol.